The lowest BCUT2D eigenvalue weighted by Crippen LogP contribution is -2.64. The molecule has 1 heterocycles. The number of amides is 3. The predicted molar refractivity (Wildman–Crippen MR) is 127 cm³/mol. The number of hydrogen-bond donors (Lipinski definition) is 1. The molecule has 3 unspecified atom stereocenters. The number of fused-ring (bicyclic) bond motifs is 2. The van der Waals surface area contributed by atoms with Gasteiger partial charge in [-0.1, -0.05) is 57.2 Å². The molecule has 1 aliphatic carbocycles. The lowest BCUT2D eigenvalue weighted by Gasteiger charge is -2.49. The molecule has 3 amide bonds. The van der Waals surface area contributed by atoms with Crippen molar-refractivity contribution in [2.45, 2.75) is 53.0 Å². The first-order chi connectivity index (χ1) is 16.0. The van der Waals surface area contributed by atoms with Crippen LogP contribution >= 0.6 is 0 Å². The average Bonchev–Trinajstić information content (AvgIpc) is 2.98. The molecule has 4 rings (SSSR count). The standard InChI is InChI=1S/C26H29N3O5/c1-16-10-11-18(29(33)34)15-20(16)27-22(30)21(14-17-8-6-5-7-9-17)28-23(31)19-12-13-26(4,24(28)32)25(19,2)3/h5-11,15,19,21H,12-14H2,1-4H3,(H,27,30). The number of hydrogen-bond acceptors (Lipinski definition) is 5. The van der Waals surface area contributed by atoms with E-state index in [2.05, 4.69) is 5.32 Å². The summed E-state index contributed by atoms with van der Waals surface area (Å²) >= 11 is 0. The summed E-state index contributed by atoms with van der Waals surface area (Å²) in [6.45, 7) is 7.52. The van der Waals surface area contributed by atoms with Crippen molar-refractivity contribution in [3.63, 3.8) is 0 Å². The molecule has 34 heavy (non-hydrogen) atoms. The summed E-state index contributed by atoms with van der Waals surface area (Å²) in [5.74, 6) is -1.54. The average molecular weight is 464 g/mol. The fraction of sp³-hybridized carbons (Fsp3) is 0.423. The Hall–Kier alpha value is -3.55. The second-order valence-electron chi connectivity index (χ2n) is 10.1. The summed E-state index contributed by atoms with van der Waals surface area (Å²) in [6, 6.07) is 12.4. The first kappa shape index (κ1) is 23.6. The van der Waals surface area contributed by atoms with E-state index in [1.54, 1.807) is 13.0 Å². The van der Waals surface area contributed by atoms with E-state index in [0.717, 1.165) is 10.5 Å². The fourth-order valence-corrected chi connectivity index (χ4v) is 5.36. The van der Waals surface area contributed by atoms with Crippen LogP contribution < -0.4 is 5.32 Å². The number of anilines is 1. The Morgan fingerprint density at radius 3 is 2.50 bits per heavy atom. The van der Waals surface area contributed by atoms with Crippen LogP contribution in [0, 0.1) is 33.8 Å². The van der Waals surface area contributed by atoms with E-state index in [4.69, 9.17) is 0 Å². The maximum atomic E-state index is 13.8. The summed E-state index contributed by atoms with van der Waals surface area (Å²) < 4.78 is 0. The van der Waals surface area contributed by atoms with Gasteiger partial charge in [-0.15, -0.1) is 0 Å². The number of nitro groups is 1. The van der Waals surface area contributed by atoms with E-state index in [9.17, 15) is 24.5 Å². The fourth-order valence-electron chi connectivity index (χ4n) is 5.36. The molecular formula is C26H29N3O5. The molecule has 1 saturated heterocycles. The molecule has 2 aromatic rings. The number of nitrogens with one attached hydrogen (secondary N) is 1. The van der Waals surface area contributed by atoms with E-state index in [1.165, 1.54) is 12.1 Å². The zero-order chi connectivity index (χ0) is 24.8. The van der Waals surface area contributed by atoms with Crippen molar-refractivity contribution in [3.8, 4) is 0 Å². The van der Waals surface area contributed by atoms with Crippen molar-refractivity contribution in [1.29, 1.82) is 0 Å². The van der Waals surface area contributed by atoms with Crippen LogP contribution in [0.5, 0.6) is 0 Å². The van der Waals surface area contributed by atoms with Crippen LogP contribution in [0.2, 0.25) is 0 Å². The number of piperidine rings is 1. The highest BCUT2D eigenvalue weighted by atomic mass is 16.6. The van der Waals surface area contributed by atoms with Crippen LogP contribution in [-0.4, -0.2) is 33.6 Å². The number of nitrogens with zero attached hydrogens (tertiary/aromatic N) is 2. The third-order valence-corrected chi connectivity index (χ3v) is 8.03. The van der Waals surface area contributed by atoms with Crippen LogP contribution in [0.4, 0.5) is 11.4 Å². The van der Waals surface area contributed by atoms with Crippen LogP contribution in [0.1, 0.15) is 44.7 Å². The van der Waals surface area contributed by atoms with Crippen LogP contribution in [0.3, 0.4) is 0 Å². The van der Waals surface area contributed by atoms with E-state index in [-0.39, 0.29) is 35.5 Å². The van der Waals surface area contributed by atoms with Gasteiger partial charge in [-0.2, -0.15) is 0 Å². The summed E-state index contributed by atoms with van der Waals surface area (Å²) in [7, 11) is 0. The molecule has 0 aromatic heterocycles. The van der Waals surface area contributed by atoms with Crippen LogP contribution in [0.25, 0.3) is 0 Å². The quantitative estimate of drug-likeness (QED) is 0.391. The molecule has 2 bridgehead atoms. The Morgan fingerprint density at radius 2 is 1.85 bits per heavy atom. The van der Waals surface area contributed by atoms with Crippen molar-refractivity contribution in [2.24, 2.45) is 16.7 Å². The molecule has 1 saturated carbocycles. The second-order valence-corrected chi connectivity index (χ2v) is 10.1. The number of carbonyl (C=O) groups is 3. The topological polar surface area (TPSA) is 110 Å². The van der Waals surface area contributed by atoms with E-state index < -0.39 is 27.7 Å². The van der Waals surface area contributed by atoms with Crippen molar-refractivity contribution in [3.05, 3.63) is 69.8 Å². The third-order valence-electron chi connectivity index (χ3n) is 8.03. The molecule has 2 aliphatic rings. The van der Waals surface area contributed by atoms with Gasteiger partial charge < -0.3 is 5.32 Å². The van der Waals surface area contributed by atoms with Gasteiger partial charge in [0.1, 0.15) is 6.04 Å². The van der Waals surface area contributed by atoms with Crippen LogP contribution in [-0.2, 0) is 20.8 Å². The monoisotopic (exact) mass is 463 g/mol. The highest BCUT2D eigenvalue weighted by Crippen LogP contribution is 2.60. The number of rotatable bonds is 6. The number of nitro benzene ring substituents is 1. The molecular weight excluding hydrogens is 434 g/mol. The maximum Gasteiger partial charge on any atom is 0.271 e. The molecule has 8 heteroatoms. The number of aryl methyl sites for hydroxylation is 1. The lowest BCUT2D eigenvalue weighted by molar-refractivity contribution is -0.384. The summed E-state index contributed by atoms with van der Waals surface area (Å²) in [6.07, 6.45) is 1.35. The van der Waals surface area contributed by atoms with E-state index in [0.29, 0.717) is 18.4 Å². The van der Waals surface area contributed by atoms with Gasteiger partial charge in [0.2, 0.25) is 17.7 Å². The Bertz CT molecular complexity index is 1180. The van der Waals surface area contributed by atoms with Gasteiger partial charge in [0.25, 0.3) is 5.69 Å². The Kier molecular flexibility index (Phi) is 5.79. The highest BCUT2D eigenvalue weighted by Gasteiger charge is 2.65. The molecule has 2 aromatic carbocycles. The molecule has 2 fully saturated rings. The maximum absolute atomic E-state index is 13.8. The van der Waals surface area contributed by atoms with Crippen molar-refractivity contribution in [1.82, 2.24) is 4.90 Å². The molecule has 0 spiro atoms. The van der Waals surface area contributed by atoms with Gasteiger partial charge >= 0.3 is 0 Å². The first-order valence-corrected chi connectivity index (χ1v) is 11.4. The first-order valence-electron chi connectivity index (χ1n) is 11.4. The molecule has 1 aliphatic heterocycles. The van der Waals surface area contributed by atoms with Crippen molar-refractivity contribution < 1.29 is 19.3 Å². The van der Waals surface area contributed by atoms with Gasteiger partial charge in [0.15, 0.2) is 0 Å². The third kappa shape index (κ3) is 3.67. The Morgan fingerprint density at radius 1 is 1.18 bits per heavy atom. The molecule has 1 N–H and O–H groups in total. The summed E-state index contributed by atoms with van der Waals surface area (Å²) in [5, 5.41) is 14.0. The molecule has 8 nitrogen and oxygen atoms in total. The molecule has 0 radical (unpaired) electrons. The largest absolute Gasteiger partial charge is 0.324 e. The molecule has 3 atom stereocenters. The van der Waals surface area contributed by atoms with Gasteiger partial charge in [0, 0.05) is 24.5 Å². The smallest absolute Gasteiger partial charge is 0.271 e. The van der Waals surface area contributed by atoms with E-state index in [1.807, 2.05) is 51.1 Å². The Labute approximate surface area is 198 Å². The van der Waals surface area contributed by atoms with E-state index >= 15 is 0 Å². The summed E-state index contributed by atoms with van der Waals surface area (Å²) in [4.78, 5) is 52.8. The minimum absolute atomic E-state index is 0.154. The van der Waals surface area contributed by atoms with Crippen molar-refractivity contribution in [2.75, 3.05) is 5.32 Å². The van der Waals surface area contributed by atoms with Gasteiger partial charge in [-0.25, -0.2) is 0 Å². The zero-order valence-corrected chi connectivity index (χ0v) is 19.8. The minimum Gasteiger partial charge on any atom is -0.324 e. The number of benzene rings is 2. The molecule has 178 valence electrons. The SMILES string of the molecule is Cc1ccc([N+](=O)[O-])cc1NC(=O)C(Cc1ccccc1)N1C(=O)C2CCC(C)(C1=O)C2(C)C. The van der Waals surface area contributed by atoms with Gasteiger partial charge in [-0.05, 0) is 36.3 Å². The Balaban J connectivity index is 1.73. The predicted octanol–water partition coefficient (Wildman–Crippen LogP) is 4.26. The zero-order valence-electron chi connectivity index (χ0n) is 19.8. The number of imide groups is 1. The highest BCUT2D eigenvalue weighted by molar-refractivity contribution is 6.09. The minimum atomic E-state index is -1.07. The summed E-state index contributed by atoms with van der Waals surface area (Å²) in [5.41, 5.74) is 0.328. The normalized spacial score (nSPS) is 24.1. The number of carbonyl (C=O) groups excluding carboxylic acids is 3. The lowest BCUT2D eigenvalue weighted by atomic mass is 9.62. The van der Waals surface area contributed by atoms with Gasteiger partial charge in [-0.3, -0.25) is 29.4 Å². The number of non-ortho nitro benzene ring substituents is 1. The van der Waals surface area contributed by atoms with Crippen LogP contribution in [0.15, 0.2) is 48.5 Å². The second kappa shape index (κ2) is 8.34. The number of likely N-dealkylation sites (tertiary alicyclic amines) is 1. The van der Waals surface area contributed by atoms with Gasteiger partial charge in [0.05, 0.1) is 16.0 Å². The van der Waals surface area contributed by atoms with Crippen molar-refractivity contribution >= 4 is 29.1 Å².